The molecule has 0 bridgehead atoms. The van der Waals surface area contributed by atoms with Gasteiger partial charge >= 0.3 is 6.03 Å². The lowest BCUT2D eigenvalue weighted by molar-refractivity contribution is 0.222. The van der Waals surface area contributed by atoms with Crippen molar-refractivity contribution in [3.63, 3.8) is 0 Å². The molecule has 0 radical (unpaired) electrons. The predicted molar refractivity (Wildman–Crippen MR) is 110 cm³/mol. The Kier molecular flexibility index (Phi) is 4.84. The van der Waals surface area contributed by atoms with Gasteiger partial charge in [-0.25, -0.2) is 4.79 Å². The molecule has 4 rings (SSSR count). The quantitative estimate of drug-likeness (QED) is 0.659. The van der Waals surface area contributed by atoms with Crippen molar-refractivity contribution >= 4 is 17.9 Å². The molecule has 2 aromatic carbocycles. The van der Waals surface area contributed by atoms with E-state index in [-0.39, 0.29) is 11.6 Å². The van der Waals surface area contributed by atoms with Gasteiger partial charge in [-0.05, 0) is 42.0 Å². The molecule has 0 fully saturated rings. The minimum absolute atomic E-state index is 0.103. The number of rotatable bonds is 4. The van der Waals surface area contributed by atoms with Gasteiger partial charge in [-0.15, -0.1) is 0 Å². The molecule has 0 N–H and O–H groups in total. The molecule has 0 unspecified atom stereocenters. The van der Waals surface area contributed by atoms with Gasteiger partial charge in [-0.3, -0.25) is 14.3 Å². The fraction of sp³-hybridized carbons (Fsp3) is 0.0455. The highest BCUT2D eigenvalue weighted by Crippen LogP contribution is 2.21. The third-order valence-electron chi connectivity index (χ3n) is 4.35. The summed E-state index contributed by atoms with van der Waals surface area (Å²) < 4.78 is 1.55. The summed E-state index contributed by atoms with van der Waals surface area (Å²) in [6, 6.07) is 21.7. The Hall–Kier alpha value is -3.93. The van der Waals surface area contributed by atoms with E-state index in [9.17, 15) is 9.59 Å². The maximum atomic E-state index is 12.8. The molecule has 3 aromatic rings. The highest BCUT2D eigenvalue weighted by molar-refractivity contribution is 5.94. The summed E-state index contributed by atoms with van der Waals surface area (Å²) in [5, 5.41) is 5.58. The Bertz CT molecular complexity index is 1090. The van der Waals surface area contributed by atoms with Crippen LogP contribution in [0.4, 0.5) is 10.5 Å². The summed E-state index contributed by atoms with van der Waals surface area (Å²) in [6.45, 7) is 0.459. The van der Waals surface area contributed by atoms with Crippen LogP contribution in [0.2, 0.25) is 0 Å². The lowest BCUT2D eigenvalue weighted by Gasteiger charge is -2.28. The molecule has 2 amide bonds. The Morgan fingerprint density at radius 1 is 0.821 bits per heavy atom. The summed E-state index contributed by atoms with van der Waals surface area (Å²) in [7, 11) is 0. The molecule has 1 aliphatic rings. The second-order valence-corrected chi connectivity index (χ2v) is 6.20. The minimum Gasteiger partial charge on any atom is -0.289 e. The monoisotopic (exact) mass is 370 g/mol. The molecule has 2 heterocycles. The second-order valence-electron chi connectivity index (χ2n) is 6.20. The first-order chi connectivity index (χ1) is 13.7. The number of anilines is 1. The SMILES string of the molecule is O=C1N(N=Cc2ccccc2)C=CCN1c1ccc(-n2ccccc2=O)cc1. The Morgan fingerprint density at radius 2 is 1.54 bits per heavy atom. The van der Waals surface area contributed by atoms with Crippen LogP contribution in [0.25, 0.3) is 5.69 Å². The molecule has 1 aromatic heterocycles. The van der Waals surface area contributed by atoms with E-state index in [1.54, 1.807) is 40.2 Å². The first-order valence-electron chi connectivity index (χ1n) is 8.87. The van der Waals surface area contributed by atoms with Crippen LogP contribution >= 0.6 is 0 Å². The lowest BCUT2D eigenvalue weighted by Crippen LogP contribution is -2.41. The summed E-state index contributed by atoms with van der Waals surface area (Å²) in [4.78, 5) is 26.4. The van der Waals surface area contributed by atoms with Crippen LogP contribution in [-0.4, -0.2) is 28.4 Å². The molecule has 0 aliphatic carbocycles. The van der Waals surface area contributed by atoms with Gasteiger partial charge in [0, 0.05) is 36.4 Å². The van der Waals surface area contributed by atoms with Crippen LogP contribution in [0.5, 0.6) is 0 Å². The maximum absolute atomic E-state index is 12.8. The van der Waals surface area contributed by atoms with Crippen molar-refractivity contribution in [3.05, 3.63) is 107 Å². The number of carbonyl (C=O) groups excluding carboxylic acids is 1. The highest BCUT2D eigenvalue weighted by atomic mass is 16.2. The summed E-state index contributed by atoms with van der Waals surface area (Å²) >= 11 is 0. The zero-order valence-electron chi connectivity index (χ0n) is 15.1. The molecule has 0 saturated heterocycles. The topological polar surface area (TPSA) is 57.9 Å². The maximum Gasteiger partial charge on any atom is 0.349 e. The van der Waals surface area contributed by atoms with Crippen molar-refractivity contribution in [1.29, 1.82) is 0 Å². The van der Waals surface area contributed by atoms with Gasteiger partial charge in [0.25, 0.3) is 5.56 Å². The van der Waals surface area contributed by atoms with Crippen LogP contribution in [-0.2, 0) is 0 Å². The average molecular weight is 370 g/mol. The zero-order valence-corrected chi connectivity index (χ0v) is 15.1. The molecular formula is C22H18N4O2. The average Bonchev–Trinajstić information content (AvgIpc) is 2.74. The standard InChI is InChI=1S/C22H18N4O2/c27-21-9-4-5-14-24(21)19-10-12-20(13-11-19)25-15-6-16-26(22(25)28)23-17-18-7-2-1-3-8-18/h1-14,16-17H,15H2. The van der Waals surface area contributed by atoms with Crippen LogP contribution in [0.1, 0.15) is 5.56 Å². The van der Waals surface area contributed by atoms with E-state index < -0.39 is 0 Å². The van der Waals surface area contributed by atoms with E-state index in [1.165, 1.54) is 11.1 Å². The van der Waals surface area contributed by atoms with Crippen LogP contribution in [0.3, 0.4) is 0 Å². The molecule has 6 heteroatoms. The fourth-order valence-electron chi connectivity index (χ4n) is 2.92. The van der Waals surface area contributed by atoms with Crippen LogP contribution in [0.15, 0.2) is 101 Å². The number of carbonyl (C=O) groups is 1. The zero-order chi connectivity index (χ0) is 19.3. The predicted octanol–water partition coefficient (Wildman–Crippen LogP) is 3.63. The lowest BCUT2D eigenvalue weighted by atomic mass is 10.2. The van der Waals surface area contributed by atoms with Crippen molar-refractivity contribution in [2.45, 2.75) is 0 Å². The van der Waals surface area contributed by atoms with Gasteiger partial charge in [0.1, 0.15) is 0 Å². The molecule has 6 nitrogen and oxygen atoms in total. The number of amides is 2. The highest BCUT2D eigenvalue weighted by Gasteiger charge is 2.23. The van der Waals surface area contributed by atoms with E-state index in [2.05, 4.69) is 5.10 Å². The first-order valence-corrected chi connectivity index (χ1v) is 8.87. The third-order valence-corrected chi connectivity index (χ3v) is 4.35. The molecule has 28 heavy (non-hydrogen) atoms. The molecule has 0 spiro atoms. The van der Waals surface area contributed by atoms with Gasteiger partial charge in [0.05, 0.1) is 6.21 Å². The molecule has 0 atom stereocenters. The van der Waals surface area contributed by atoms with Gasteiger partial charge < -0.3 is 0 Å². The van der Waals surface area contributed by atoms with Crippen molar-refractivity contribution < 1.29 is 4.79 Å². The summed E-state index contributed by atoms with van der Waals surface area (Å²) in [5.74, 6) is 0. The smallest absolute Gasteiger partial charge is 0.289 e. The number of benzene rings is 2. The second kappa shape index (κ2) is 7.75. The minimum atomic E-state index is -0.237. The van der Waals surface area contributed by atoms with Crippen molar-refractivity contribution in [1.82, 2.24) is 9.58 Å². The number of hydrogen-bond donors (Lipinski definition) is 0. The summed E-state index contributed by atoms with van der Waals surface area (Å²) in [6.07, 6.45) is 6.90. The number of nitrogens with zero attached hydrogens (tertiary/aromatic N) is 4. The molecule has 138 valence electrons. The first kappa shape index (κ1) is 17.5. The van der Waals surface area contributed by atoms with Gasteiger partial charge in [-0.2, -0.15) is 10.1 Å². The third kappa shape index (κ3) is 3.61. The number of hydrazone groups is 1. The number of aromatic nitrogens is 1. The largest absolute Gasteiger partial charge is 0.349 e. The van der Waals surface area contributed by atoms with Crippen LogP contribution < -0.4 is 10.5 Å². The number of urea groups is 1. The van der Waals surface area contributed by atoms with Crippen LogP contribution in [0, 0.1) is 0 Å². The van der Waals surface area contributed by atoms with Crippen molar-refractivity contribution in [3.8, 4) is 5.69 Å². The van der Waals surface area contributed by atoms with E-state index in [4.69, 9.17) is 0 Å². The van der Waals surface area contributed by atoms with E-state index in [0.717, 1.165) is 16.9 Å². The number of hydrogen-bond acceptors (Lipinski definition) is 3. The molecule has 1 aliphatic heterocycles. The normalized spacial score (nSPS) is 14.1. The van der Waals surface area contributed by atoms with E-state index in [1.807, 2.05) is 60.7 Å². The van der Waals surface area contributed by atoms with Crippen molar-refractivity contribution in [2.24, 2.45) is 5.10 Å². The van der Waals surface area contributed by atoms with E-state index >= 15 is 0 Å². The van der Waals surface area contributed by atoms with Gasteiger partial charge in [-0.1, -0.05) is 36.4 Å². The molecule has 0 saturated carbocycles. The van der Waals surface area contributed by atoms with Crippen molar-refractivity contribution in [2.75, 3.05) is 11.4 Å². The Morgan fingerprint density at radius 3 is 2.29 bits per heavy atom. The Labute approximate surface area is 162 Å². The van der Waals surface area contributed by atoms with Gasteiger partial charge in [0.2, 0.25) is 0 Å². The van der Waals surface area contributed by atoms with E-state index in [0.29, 0.717) is 6.54 Å². The number of pyridine rings is 1. The molecular weight excluding hydrogens is 352 g/mol. The fourth-order valence-corrected chi connectivity index (χ4v) is 2.92. The Balaban J connectivity index is 1.54. The van der Waals surface area contributed by atoms with Gasteiger partial charge in [0.15, 0.2) is 0 Å². The summed E-state index contributed by atoms with van der Waals surface area (Å²) in [5.41, 5.74) is 2.29.